The molecule has 1 fully saturated rings. The van der Waals surface area contributed by atoms with Crippen LogP contribution in [0.25, 0.3) is 11.0 Å². The van der Waals surface area contributed by atoms with E-state index in [1.54, 1.807) is 7.11 Å². The molecule has 0 radical (unpaired) electrons. The number of piperidine rings is 1. The molecule has 0 saturated carbocycles. The van der Waals surface area contributed by atoms with Gasteiger partial charge in [-0.25, -0.2) is 4.98 Å². The first-order valence-electron chi connectivity index (χ1n) is 12.4. The first kappa shape index (κ1) is 24.3. The van der Waals surface area contributed by atoms with Crippen molar-refractivity contribution in [1.82, 2.24) is 19.8 Å². The van der Waals surface area contributed by atoms with Crippen LogP contribution in [-0.4, -0.2) is 40.6 Å². The molecule has 7 heteroatoms. The van der Waals surface area contributed by atoms with Crippen molar-refractivity contribution < 1.29 is 9.53 Å². The Hall–Kier alpha value is -3.35. The number of hydrogen-bond donors (Lipinski definition) is 1. The fourth-order valence-corrected chi connectivity index (χ4v) is 5.01. The first-order valence-corrected chi connectivity index (χ1v) is 12.8. The van der Waals surface area contributed by atoms with Gasteiger partial charge in [-0.3, -0.25) is 9.69 Å². The van der Waals surface area contributed by atoms with Crippen LogP contribution in [0, 0.1) is 5.92 Å². The van der Waals surface area contributed by atoms with Crippen molar-refractivity contribution in [2.24, 2.45) is 5.92 Å². The topological polar surface area (TPSA) is 59.4 Å². The molecule has 1 aliphatic rings. The van der Waals surface area contributed by atoms with Crippen molar-refractivity contribution in [2.45, 2.75) is 32.5 Å². The Balaban J connectivity index is 1.26. The Kier molecular flexibility index (Phi) is 7.54. The highest BCUT2D eigenvalue weighted by Gasteiger charge is 2.27. The highest BCUT2D eigenvalue weighted by molar-refractivity contribution is 6.30. The molecule has 5 rings (SSSR count). The maximum Gasteiger partial charge on any atom is 0.224 e. The van der Waals surface area contributed by atoms with Crippen LogP contribution in [0.2, 0.25) is 5.02 Å². The van der Waals surface area contributed by atoms with Gasteiger partial charge in [0.05, 0.1) is 30.6 Å². The van der Waals surface area contributed by atoms with E-state index in [-0.39, 0.29) is 11.8 Å². The Bertz CT molecular complexity index is 1320. The molecule has 1 atom stereocenters. The smallest absolute Gasteiger partial charge is 0.224 e. The zero-order chi connectivity index (χ0) is 24.9. The van der Waals surface area contributed by atoms with Gasteiger partial charge >= 0.3 is 0 Å². The van der Waals surface area contributed by atoms with E-state index in [1.807, 2.05) is 42.5 Å². The maximum absolute atomic E-state index is 13.0. The number of nitrogens with zero attached hydrogens (tertiary/aromatic N) is 3. The van der Waals surface area contributed by atoms with E-state index in [1.165, 1.54) is 5.56 Å². The summed E-state index contributed by atoms with van der Waals surface area (Å²) in [6, 6.07) is 24.0. The number of ether oxygens (including phenoxy) is 1. The molecular formula is C29H31ClN4O2. The van der Waals surface area contributed by atoms with Crippen LogP contribution in [0.5, 0.6) is 5.75 Å². The van der Waals surface area contributed by atoms with Gasteiger partial charge in [0, 0.05) is 24.7 Å². The first-order chi connectivity index (χ1) is 17.6. The van der Waals surface area contributed by atoms with E-state index in [9.17, 15) is 4.79 Å². The summed E-state index contributed by atoms with van der Waals surface area (Å²) in [6.07, 6.45) is 1.91. The summed E-state index contributed by atoms with van der Waals surface area (Å²) in [5.74, 6) is 1.93. The van der Waals surface area contributed by atoms with Crippen LogP contribution < -0.4 is 10.1 Å². The molecule has 1 amide bonds. The van der Waals surface area contributed by atoms with Crippen molar-refractivity contribution in [3.05, 3.63) is 94.8 Å². The predicted octanol–water partition coefficient (Wildman–Crippen LogP) is 5.28. The Morgan fingerprint density at radius 3 is 2.56 bits per heavy atom. The second-order valence-corrected chi connectivity index (χ2v) is 9.81. The van der Waals surface area contributed by atoms with Crippen LogP contribution in [0.1, 0.15) is 29.8 Å². The number of amides is 1. The average molecular weight is 503 g/mol. The van der Waals surface area contributed by atoms with Crippen LogP contribution in [0.15, 0.2) is 72.8 Å². The zero-order valence-corrected chi connectivity index (χ0v) is 21.2. The number of nitrogens with one attached hydrogen (secondary N) is 1. The number of carbonyl (C=O) groups excluding carboxylic acids is 1. The fraction of sp³-hybridized carbons (Fsp3) is 0.310. The second-order valence-electron chi connectivity index (χ2n) is 9.37. The molecule has 1 saturated heterocycles. The normalized spacial score (nSPS) is 16.2. The molecule has 0 aliphatic carbocycles. The lowest BCUT2D eigenvalue weighted by Crippen LogP contribution is -2.42. The van der Waals surface area contributed by atoms with Gasteiger partial charge in [0.25, 0.3) is 0 Å². The number of fused-ring (bicyclic) bond motifs is 1. The summed E-state index contributed by atoms with van der Waals surface area (Å²) >= 11 is 6.09. The van der Waals surface area contributed by atoms with Crippen molar-refractivity contribution in [1.29, 1.82) is 0 Å². The van der Waals surface area contributed by atoms with E-state index in [0.717, 1.165) is 65.7 Å². The minimum atomic E-state index is -0.0221. The highest BCUT2D eigenvalue weighted by Crippen LogP contribution is 2.23. The van der Waals surface area contributed by atoms with Crippen LogP contribution in [0.3, 0.4) is 0 Å². The standard InChI is InChI=1S/C29H31ClN4O2/c1-36-25-14-10-21(11-15-25)17-31-29(35)23-5-4-16-33(19-23)20-28-32-26-6-2-3-7-27(26)34(28)18-22-8-12-24(30)13-9-22/h2-3,6-15,23H,4-5,16-20H2,1H3,(H,31,35)/t23-/m0/s1. The number of carbonyl (C=O) groups is 1. The molecule has 6 nitrogen and oxygen atoms in total. The molecule has 0 spiro atoms. The molecule has 36 heavy (non-hydrogen) atoms. The maximum atomic E-state index is 13.0. The van der Waals surface area contributed by atoms with Gasteiger partial charge < -0.3 is 14.6 Å². The number of hydrogen-bond acceptors (Lipinski definition) is 4. The van der Waals surface area contributed by atoms with Gasteiger partial charge in [0.2, 0.25) is 5.91 Å². The minimum absolute atomic E-state index is 0.0221. The summed E-state index contributed by atoms with van der Waals surface area (Å²) in [4.78, 5) is 20.3. The van der Waals surface area contributed by atoms with Gasteiger partial charge in [0.15, 0.2) is 0 Å². The molecule has 1 aromatic heterocycles. The molecular weight excluding hydrogens is 472 g/mol. The predicted molar refractivity (Wildman–Crippen MR) is 143 cm³/mol. The fourth-order valence-electron chi connectivity index (χ4n) is 4.88. The summed E-state index contributed by atoms with van der Waals surface area (Å²) < 4.78 is 7.49. The SMILES string of the molecule is COc1ccc(CNC(=O)[C@H]2CCCN(Cc3nc4ccccc4n3Cc3ccc(Cl)cc3)C2)cc1. The van der Waals surface area contributed by atoms with Crippen LogP contribution in [-0.2, 0) is 24.4 Å². The summed E-state index contributed by atoms with van der Waals surface area (Å²) in [6.45, 7) is 3.67. The number of aromatic nitrogens is 2. The van der Waals surface area contributed by atoms with Crippen molar-refractivity contribution >= 4 is 28.5 Å². The number of methoxy groups -OCH3 is 1. The van der Waals surface area contributed by atoms with Gasteiger partial charge in [-0.1, -0.05) is 48.0 Å². The summed E-state index contributed by atoms with van der Waals surface area (Å²) in [5.41, 5.74) is 4.35. The lowest BCUT2D eigenvalue weighted by Gasteiger charge is -2.31. The van der Waals surface area contributed by atoms with Gasteiger partial charge in [-0.15, -0.1) is 0 Å². The molecule has 186 valence electrons. The number of imidazole rings is 1. The summed E-state index contributed by atoms with van der Waals surface area (Å²) in [5, 5.41) is 3.86. The third-order valence-corrected chi connectivity index (χ3v) is 7.11. The lowest BCUT2D eigenvalue weighted by molar-refractivity contribution is -0.127. The highest BCUT2D eigenvalue weighted by atomic mass is 35.5. The molecule has 2 heterocycles. The monoisotopic (exact) mass is 502 g/mol. The largest absolute Gasteiger partial charge is 0.497 e. The Morgan fingerprint density at radius 2 is 1.78 bits per heavy atom. The molecule has 4 aromatic rings. The lowest BCUT2D eigenvalue weighted by atomic mass is 9.97. The van der Waals surface area contributed by atoms with E-state index in [0.29, 0.717) is 13.1 Å². The average Bonchev–Trinajstić information content (AvgIpc) is 3.25. The van der Waals surface area contributed by atoms with Crippen molar-refractivity contribution in [3.63, 3.8) is 0 Å². The van der Waals surface area contributed by atoms with Gasteiger partial charge in [-0.05, 0) is 66.9 Å². The van der Waals surface area contributed by atoms with Crippen LogP contribution in [0.4, 0.5) is 0 Å². The molecule has 1 aliphatic heterocycles. The Labute approximate surface area is 216 Å². The number of halogens is 1. The number of likely N-dealkylation sites (tertiary alicyclic amines) is 1. The summed E-state index contributed by atoms with van der Waals surface area (Å²) in [7, 11) is 1.65. The molecule has 0 unspecified atom stereocenters. The number of benzene rings is 3. The zero-order valence-electron chi connectivity index (χ0n) is 20.5. The third-order valence-electron chi connectivity index (χ3n) is 6.85. The van der Waals surface area contributed by atoms with Crippen molar-refractivity contribution in [3.8, 4) is 5.75 Å². The van der Waals surface area contributed by atoms with E-state index < -0.39 is 0 Å². The van der Waals surface area contributed by atoms with E-state index in [4.69, 9.17) is 21.3 Å². The molecule has 3 aromatic carbocycles. The van der Waals surface area contributed by atoms with E-state index >= 15 is 0 Å². The number of rotatable bonds is 8. The van der Waals surface area contributed by atoms with Gasteiger partial charge in [-0.2, -0.15) is 0 Å². The van der Waals surface area contributed by atoms with Gasteiger partial charge in [0.1, 0.15) is 11.6 Å². The third kappa shape index (κ3) is 5.72. The molecule has 1 N–H and O–H groups in total. The Morgan fingerprint density at radius 1 is 1.03 bits per heavy atom. The van der Waals surface area contributed by atoms with E-state index in [2.05, 4.69) is 45.1 Å². The van der Waals surface area contributed by atoms with Crippen molar-refractivity contribution in [2.75, 3.05) is 20.2 Å². The molecule has 0 bridgehead atoms. The minimum Gasteiger partial charge on any atom is -0.497 e. The van der Waals surface area contributed by atoms with Crippen LogP contribution >= 0.6 is 11.6 Å². The quantitative estimate of drug-likeness (QED) is 0.356. The second kappa shape index (κ2) is 11.1. The number of para-hydroxylation sites is 2.